The highest BCUT2D eigenvalue weighted by Gasteiger charge is 2.36. The number of carbonyl (C=O) groups excluding carboxylic acids is 3. The van der Waals surface area contributed by atoms with Gasteiger partial charge in [0.2, 0.25) is 0 Å². The molecule has 10 heteroatoms. The molecule has 4 aromatic rings. The standard InChI is InChI=1S/C29H25N5O4S/c1-38-23-6-4-5-18(14-23)13-22(17-34-27(36)24-7-2-3-8-25(24)28(34)37)31-29(39)33-32-26(35)20-9-10-21-16-30-12-11-19(21)15-20/h2-12,14-16,22H,13,17H2,1H3,(H,32,35)(H2,31,33,39). The molecule has 3 N–H and O–H groups in total. The number of ether oxygens (including phenoxy) is 1. The maximum atomic E-state index is 13.0. The van der Waals surface area contributed by atoms with E-state index in [9.17, 15) is 14.4 Å². The minimum absolute atomic E-state index is 0.0675. The van der Waals surface area contributed by atoms with Gasteiger partial charge in [0.1, 0.15) is 5.75 Å². The van der Waals surface area contributed by atoms with E-state index in [2.05, 4.69) is 21.2 Å². The van der Waals surface area contributed by atoms with Gasteiger partial charge in [0.05, 0.1) is 24.3 Å². The number of methoxy groups -OCH3 is 1. The van der Waals surface area contributed by atoms with Crippen molar-refractivity contribution in [2.24, 2.45) is 0 Å². The minimum atomic E-state index is -0.454. The number of hydrazine groups is 1. The quantitative estimate of drug-likeness (QED) is 0.186. The summed E-state index contributed by atoms with van der Waals surface area (Å²) in [7, 11) is 1.59. The number of aromatic nitrogens is 1. The predicted octanol–water partition coefficient (Wildman–Crippen LogP) is 3.26. The average molecular weight is 540 g/mol. The Hall–Kier alpha value is -4.83. The zero-order valence-corrected chi connectivity index (χ0v) is 21.8. The van der Waals surface area contributed by atoms with E-state index in [1.165, 1.54) is 4.90 Å². The maximum Gasteiger partial charge on any atom is 0.269 e. The van der Waals surface area contributed by atoms with E-state index >= 15 is 0 Å². The zero-order chi connectivity index (χ0) is 27.4. The third kappa shape index (κ3) is 5.70. The minimum Gasteiger partial charge on any atom is -0.497 e. The lowest BCUT2D eigenvalue weighted by Crippen LogP contribution is -2.53. The van der Waals surface area contributed by atoms with Crippen molar-refractivity contribution in [3.63, 3.8) is 0 Å². The lowest BCUT2D eigenvalue weighted by atomic mass is 10.1. The van der Waals surface area contributed by atoms with Crippen LogP contribution in [0.3, 0.4) is 0 Å². The van der Waals surface area contributed by atoms with Gasteiger partial charge in [-0.25, -0.2) is 0 Å². The van der Waals surface area contributed by atoms with Crippen LogP contribution < -0.4 is 20.9 Å². The van der Waals surface area contributed by atoms with Crippen molar-refractivity contribution in [3.05, 3.63) is 107 Å². The van der Waals surface area contributed by atoms with Crippen LogP contribution in [-0.4, -0.2) is 52.4 Å². The summed E-state index contributed by atoms with van der Waals surface area (Å²) in [5.41, 5.74) is 7.45. The first kappa shape index (κ1) is 25.8. The van der Waals surface area contributed by atoms with Crippen molar-refractivity contribution in [1.29, 1.82) is 0 Å². The predicted molar refractivity (Wildman–Crippen MR) is 150 cm³/mol. The molecule has 0 fully saturated rings. The number of thiocarbonyl (C=S) groups is 1. The van der Waals surface area contributed by atoms with Gasteiger partial charge in [-0.2, -0.15) is 0 Å². The summed E-state index contributed by atoms with van der Waals surface area (Å²) >= 11 is 5.45. The van der Waals surface area contributed by atoms with E-state index in [4.69, 9.17) is 17.0 Å². The second kappa shape index (κ2) is 11.3. The third-order valence-corrected chi connectivity index (χ3v) is 6.64. The molecule has 1 aliphatic heterocycles. The van der Waals surface area contributed by atoms with Gasteiger partial charge in [0, 0.05) is 29.9 Å². The highest BCUT2D eigenvalue weighted by Crippen LogP contribution is 2.23. The lowest BCUT2D eigenvalue weighted by Gasteiger charge is -2.25. The van der Waals surface area contributed by atoms with E-state index in [0.717, 1.165) is 16.3 Å². The van der Waals surface area contributed by atoms with Crippen LogP contribution in [0.15, 0.2) is 85.2 Å². The highest BCUT2D eigenvalue weighted by atomic mass is 32.1. The summed E-state index contributed by atoms with van der Waals surface area (Å²) in [6.45, 7) is 0.0675. The Bertz CT molecular complexity index is 1560. The summed E-state index contributed by atoms with van der Waals surface area (Å²) in [6, 6.07) is 20.9. The number of fused-ring (bicyclic) bond motifs is 2. The number of hydrogen-bond acceptors (Lipinski definition) is 6. The number of pyridine rings is 1. The molecule has 0 spiro atoms. The number of carbonyl (C=O) groups is 3. The number of benzene rings is 3. The van der Waals surface area contributed by atoms with E-state index in [1.54, 1.807) is 55.9 Å². The van der Waals surface area contributed by atoms with Crippen LogP contribution in [0.5, 0.6) is 5.75 Å². The van der Waals surface area contributed by atoms with Crippen LogP contribution in [-0.2, 0) is 6.42 Å². The topological polar surface area (TPSA) is 113 Å². The molecule has 39 heavy (non-hydrogen) atoms. The molecular formula is C29H25N5O4S. The summed E-state index contributed by atoms with van der Waals surface area (Å²) in [5.74, 6) is -0.396. The van der Waals surface area contributed by atoms with Crippen molar-refractivity contribution in [3.8, 4) is 5.75 Å². The number of nitrogens with one attached hydrogen (secondary N) is 3. The fourth-order valence-corrected chi connectivity index (χ4v) is 4.72. The van der Waals surface area contributed by atoms with E-state index in [0.29, 0.717) is 28.9 Å². The molecule has 9 nitrogen and oxygen atoms in total. The molecule has 1 aromatic heterocycles. The SMILES string of the molecule is COc1cccc(CC(CN2C(=O)c3ccccc3C2=O)NC(=S)NNC(=O)c2ccc3cnccc3c2)c1. The van der Waals surface area contributed by atoms with Gasteiger partial charge in [-0.15, -0.1) is 0 Å². The Balaban J connectivity index is 1.28. The second-order valence-electron chi connectivity index (χ2n) is 9.01. The molecule has 0 aliphatic carbocycles. The molecule has 1 atom stereocenters. The van der Waals surface area contributed by atoms with Crippen LogP contribution in [0.4, 0.5) is 0 Å². The Labute approximate surface area is 230 Å². The van der Waals surface area contributed by atoms with Crippen molar-refractivity contribution >= 4 is 45.8 Å². The van der Waals surface area contributed by atoms with Gasteiger partial charge < -0.3 is 10.1 Å². The maximum absolute atomic E-state index is 13.0. The molecular weight excluding hydrogens is 514 g/mol. The van der Waals surface area contributed by atoms with Crippen molar-refractivity contribution in [2.45, 2.75) is 12.5 Å². The molecule has 5 rings (SSSR count). The van der Waals surface area contributed by atoms with E-state index in [1.807, 2.05) is 36.4 Å². The molecule has 1 aliphatic rings. The molecule has 0 saturated heterocycles. The number of nitrogens with zero attached hydrogens (tertiary/aromatic N) is 2. The number of imide groups is 1. The third-order valence-electron chi connectivity index (χ3n) is 6.42. The Morgan fingerprint density at radius 2 is 1.72 bits per heavy atom. The smallest absolute Gasteiger partial charge is 0.269 e. The van der Waals surface area contributed by atoms with Crippen LogP contribution in [0.25, 0.3) is 10.8 Å². The first-order valence-corrected chi connectivity index (χ1v) is 12.6. The summed E-state index contributed by atoms with van der Waals surface area (Å²) in [6.07, 6.45) is 3.82. The average Bonchev–Trinajstić information content (AvgIpc) is 3.20. The van der Waals surface area contributed by atoms with Gasteiger partial charge in [-0.1, -0.05) is 30.3 Å². The monoisotopic (exact) mass is 539 g/mol. The van der Waals surface area contributed by atoms with E-state index in [-0.39, 0.29) is 29.4 Å². The first-order chi connectivity index (χ1) is 18.9. The van der Waals surface area contributed by atoms with Crippen LogP contribution in [0.1, 0.15) is 36.6 Å². The van der Waals surface area contributed by atoms with Crippen molar-refractivity contribution in [2.75, 3.05) is 13.7 Å². The number of amides is 3. The molecule has 3 amide bonds. The van der Waals surface area contributed by atoms with Gasteiger partial charge in [0.25, 0.3) is 17.7 Å². The molecule has 0 radical (unpaired) electrons. The lowest BCUT2D eigenvalue weighted by molar-refractivity contribution is 0.0641. The summed E-state index contributed by atoms with van der Waals surface area (Å²) in [5, 5.41) is 5.09. The normalized spacial score (nSPS) is 13.1. The fourth-order valence-electron chi connectivity index (χ4n) is 4.50. The number of hydrogen-bond donors (Lipinski definition) is 3. The zero-order valence-electron chi connectivity index (χ0n) is 21.0. The molecule has 0 bridgehead atoms. The second-order valence-corrected chi connectivity index (χ2v) is 9.42. The van der Waals surface area contributed by atoms with Gasteiger partial charge in [0.15, 0.2) is 5.11 Å². The van der Waals surface area contributed by atoms with Crippen molar-refractivity contribution in [1.82, 2.24) is 26.1 Å². The van der Waals surface area contributed by atoms with Gasteiger partial charge >= 0.3 is 0 Å². The molecule has 0 saturated carbocycles. The summed E-state index contributed by atoms with van der Waals surface area (Å²) in [4.78, 5) is 44.0. The first-order valence-electron chi connectivity index (χ1n) is 12.2. The molecule has 196 valence electrons. The Kier molecular flexibility index (Phi) is 7.46. The van der Waals surface area contributed by atoms with Crippen LogP contribution >= 0.6 is 12.2 Å². The fraction of sp³-hybridized carbons (Fsp3) is 0.138. The molecule has 2 heterocycles. The largest absolute Gasteiger partial charge is 0.497 e. The Morgan fingerprint density at radius 3 is 2.46 bits per heavy atom. The Morgan fingerprint density at radius 1 is 0.949 bits per heavy atom. The number of rotatable bonds is 7. The summed E-state index contributed by atoms with van der Waals surface area (Å²) < 4.78 is 5.33. The van der Waals surface area contributed by atoms with Crippen molar-refractivity contribution < 1.29 is 19.1 Å². The molecule has 1 unspecified atom stereocenters. The van der Waals surface area contributed by atoms with Gasteiger partial charge in [-0.05, 0) is 72.1 Å². The van der Waals surface area contributed by atoms with E-state index < -0.39 is 6.04 Å². The van der Waals surface area contributed by atoms with Gasteiger partial charge in [-0.3, -0.25) is 35.1 Å². The molecule has 3 aromatic carbocycles. The van der Waals surface area contributed by atoms with Crippen LogP contribution in [0, 0.1) is 0 Å². The van der Waals surface area contributed by atoms with Crippen LogP contribution in [0.2, 0.25) is 0 Å². The highest BCUT2D eigenvalue weighted by molar-refractivity contribution is 7.80.